The Labute approximate surface area is 129 Å². The molecule has 1 aromatic heterocycles. The van der Waals surface area contributed by atoms with Gasteiger partial charge >= 0.3 is 0 Å². The summed E-state index contributed by atoms with van der Waals surface area (Å²) in [6, 6.07) is 5.32. The fraction of sp³-hybridized carbons (Fsp3) is 0.333. The lowest BCUT2D eigenvalue weighted by molar-refractivity contribution is -0.120. The average Bonchev–Trinajstić information content (AvgIpc) is 2.92. The molecule has 3 N–H and O–H groups in total. The number of hydrogen-bond acceptors (Lipinski definition) is 3. The molecule has 0 aliphatic heterocycles. The number of aromatic nitrogens is 2. The van der Waals surface area contributed by atoms with Gasteiger partial charge in [0.15, 0.2) is 0 Å². The van der Waals surface area contributed by atoms with Gasteiger partial charge in [-0.05, 0) is 31.5 Å². The van der Waals surface area contributed by atoms with E-state index in [-0.39, 0.29) is 5.91 Å². The summed E-state index contributed by atoms with van der Waals surface area (Å²) in [5.74, 6) is -0.212. The molecule has 0 spiro atoms. The molecule has 1 unspecified atom stereocenters. The van der Waals surface area contributed by atoms with Gasteiger partial charge in [-0.2, -0.15) is 0 Å². The number of nitrogens with zero attached hydrogens (tertiary/aromatic N) is 2. The lowest BCUT2D eigenvalue weighted by atomic mass is 9.96. The molecule has 0 fully saturated rings. The summed E-state index contributed by atoms with van der Waals surface area (Å²) in [5, 5.41) is 3.33. The minimum atomic E-state index is -0.885. The molecule has 1 heterocycles. The number of imidazole rings is 1. The van der Waals surface area contributed by atoms with E-state index in [1.54, 1.807) is 42.3 Å². The molecule has 1 atom stereocenters. The second kappa shape index (κ2) is 6.28. The molecule has 5 nitrogen and oxygen atoms in total. The van der Waals surface area contributed by atoms with Gasteiger partial charge in [-0.25, -0.2) is 4.98 Å². The number of carbonyl (C=O) groups is 1. The summed E-state index contributed by atoms with van der Waals surface area (Å²) >= 11 is 6.25. The molecule has 0 aliphatic carbocycles. The molecule has 1 aromatic carbocycles. The molecule has 0 aliphatic rings. The highest BCUT2D eigenvalue weighted by atomic mass is 35.5. The number of rotatable bonds is 5. The largest absolute Gasteiger partial charge is 0.324 e. The van der Waals surface area contributed by atoms with E-state index in [9.17, 15) is 4.79 Å². The Morgan fingerprint density at radius 1 is 1.52 bits per heavy atom. The van der Waals surface area contributed by atoms with E-state index in [1.165, 1.54) is 0 Å². The number of nitrogens with one attached hydrogen (secondary N) is 1. The summed E-state index contributed by atoms with van der Waals surface area (Å²) in [7, 11) is 0. The van der Waals surface area contributed by atoms with Crippen molar-refractivity contribution in [1.82, 2.24) is 9.55 Å². The van der Waals surface area contributed by atoms with E-state index in [0.717, 1.165) is 12.1 Å². The number of amides is 1. The normalized spacial score (nSPS) is 13.7. The van der Waals surface area contributed by atoms with Gasteiger partial charge in [-0.15, -0.1) is 0 Å². The molecule has 2 aromatic rings. The smallest absolute Gasteiger partial charge is 0.244 e. The van der Waals surface area contributed by atoms with Crippen LogP contribution in [0, 0.1) is 0 Å². The van der Waals surface area contributed by atoms with Crippen LogP contribution < -0.4 is 11.1 Å². The summed E-state index contributed by atoms with van der Waals surface area (Å²) in [5.41, 5.74) is 6.55. The first-order chi connectivity index (χ1) is 9.94. The highest BCUT2D eigenvalue weighted by Crippen LogP contribution is 2.25. The van der Waals surface area contributed by atoms with Gasteiger partial charge in [0.2, 0.25) is 5.91 Å². The van der Waals surface area contributed by atoms with Crippen molar-refractivity contribution in [2.24, 2.45) is 5.73 Å². The number of anilines is 1. The predicted octanol–water partition coefficient (Wildman–Crippen LogP) is 2.98. The predicted molar refractivity (Wildman–Crippen MR) is 84.7 cm³/mol. The molecule has 0 bridgehead atoms. The molecule has 112 valence electrons. The first kappa shape index (κ1) is 15.5. The molecule has 21 heavy (non-hydrogen) atoms. The quantitative estimate of drug-likeness (QED) is 0.892. The SMILES string of the molecule is CCCC(C)(N)C(=O)Nc1ccc(-n2ccnc2)c(Cl)c1. The Balaban J connectivity index is 2.16. The van der Waals surface area contributed by atoms with E-state index in [2.05, 4.69) is 10.3 Å². The fourth-order valence-electron chi connectivity index (χ4n) is 2.10. The van der Waals surface area contributed by atoms with E-state index >= 15 is 0 Å². The first-order valence-electron chi connectivity index (χ1n) is 6.82. The maximum Gasteiger partial charge on any atom is 0.244 e. The topological polar surface area (TPSA) is 72.9 Å². The van der Waals surface area contributed by atoms with Gasteiger partial charge in [0.25, 0.3) is 0 Å². The lowest BCUT2D eigenvalue weighted by Gasteiger charge is -2.23. The molecule has 1 amide bonds. The third-order valence-corrected chi connectivity index (χ3v) is 3.58. The van der Waals surface area contributed by atoms with Gasteiger partial charge in [-0.1, -0.05) is 24.9 Å². The second-order valence-corrected chi connectivity index (χ2v) is 5.66. The maximum atomic E-state index is 12.2. The minimum Gasteiger partial charge on any atom is -0.324 e. The summed E-state index contributed by atoms with van der Waals surface area (Å²) in [4.78, 5) is 16.1. The molecular formula is C15H19ClN4O. The van der Waals surface area contributed by atoms with Crippen LogP contribution in [-0.2, 0) is 4.79 Å². The van der Waals surface area contributed by atoms with Crippen molar-refractivity contribution in [2.75, 3.05) is 5.32 Å². The van der Waals surface area contributed by atoms with E-state index in [1.807, 2.05) is 13.0 Å². The van der Waals surface area contributed by atoms with E-state index in [4.69, 9.17) is 17.3 Å². The highest BCUT2D eigenvalue weighted by molar-refractivity contribution is 6.32. The van der Waals surface area contributed by atoms with Crippen molar-refractivity contribution in [3.05, 3.63) is 41.9 Å². The monoisotopic (exact) mass is 306 g/mol. The Morgan fingerprint density at radius 2 is 2.29 bits per heavy atom. The van der Waals surface area contributed by atoms with Crippen LogP contribution in [0.4, 0.5) is 5.69 Å². The van der Waals surface area contributed by atoms with E-state index in [0.29, 0.717) is 17.1 Å². The van der Waals surface area contributed by atoms with Gasteiger partial charge in [0.1, 0.15) is 0 Å². The Hall–Kier alpha value is -1.85. The zero-order valence-corrected chi connectivity index (χ0v) is 12.9. The number of nitrogens with two attached hydrogens (primary N) is 1. The number of halogens is 1. The standard InChI is InChI=1S/C15H19ClN4O/c1-3-6-15(2,17)14(21)19-11-4-5-13(12(16)9-11)20-8-7-18-10-20/h4-5,7-10H,3,6,17H2,1-2H3,(H,19,21). The van der Waals surface area contributed by atoms with Crippen LogP contribution in [0.5, 0.6) is 0 Å². The highest BCUT2D eigenvalue weighted by Gasteiger charge is 2.27. The number of hydrogen-bond donors (Lipinski definition) is 2. The summed E-state index contributed by atoms with van der Waals surface area (Å²) in [6.07, 6.45) is 6.62. The Morgan fingerprint density at radius 3 is 2.86 bits per heavy atom. The molecule has 6 heteroatoms. The molecule has 0 radical (unpaired) electrons. The molecule has 0 saturated heterocycles. The minimum absolute atomic E-state index is 0.212. The molecule has 2 rings (SSSR count). The zero-order chi connectivity index (χ0) is 15.5. The second-order valence-electron chi connectivity index (χ2n) is 5.26. The van der Waals surface area contributed by atoms with Crippen LogP contribution in [0.15, 0.2) is 36.9 Å². The van der Waals surface area contributed by atoms with Crippen LogP contribution in [0.3, 0.4) is 0 Å². The first-order valence-corrected chi connectivity index (χ1v) is 7.20. The Kier molecular flexibility index (Phi) is 4.65. The van der Waals surface area contributed by atoms with Crippen molar-refractivity contribution in [3.8, 4) is 5.69 Å². The number of benzene rings is 1. The van der Waals surface area contributed by atoms with Crippen LogP contribution in [0.1, 0.15) is 26.7 Å². The van der Waals surface area contributed by atoms with Gasteiger partial charge in [0, 0.05) is 18.1 Å². The summed E-state index contributed by atoms with van der Waals surface area (Å²) in [6.45, 7) is 3.72. The zero-order valence-electron chi connectivity index (χ0n) is 12.1. The van der Waals surface area contributed by atoms with Crippen LogP contribution >= 0.6 is 11.6 Å². The molecule has 0 saturated carbocycles. The maximum absolute atomic E-state index is 12.2. The Bertz CT molecular complexity index is 623. The van der Waals surface area contributed by atoms with Crippen molar-refractivity contribution in [1.29, 1.82) is 0 Å². The van der Waals surface area contributed by atoms with Crippen LogP contribution in [0.25, 0.3) is 5.69 Å². The third kappa shape index (κ3) is 3.62. The van der Waals surface area contributed by atoms with Gasteiger partial charge < -0.3 is 15.6 Å². The van der Waals surface area contributed by atoms with Crippen LogP contribution in [0.2, 0.25) is 5.02 Å². The van der Waals surface area contributed by atoms with E-state index < -0.39 is 5.54 Å². The van der Waals surface area contributed by atoms with Crippen molar-refractivity contribution < 1.29 is 4.79 Å². The van der Waals surface area contributed by atoms with Crippen molar-refractivity contribution in [2.45, 2.75) is 32.2 Å². The average molecular weight is 307 g/mol. The summed E-state index contributed by atoms with van der Waals surface area (Å²) < 4.78 is 1.80. The lowest BCUT2D eigenvalue weighted by Crippen LogP contribution is -2.48. The van der Waals surface area contributed by atoms with Crippen LogP contribution in [-0.4, -0.2) is 21.0 Å². The number of carbonyl (C=O) groups excluding carboxylic acids is 1. The van der Waals surface area contributed by atoms with Gasteiger partial charge in [0.05, 0.1) is 22.6 Å². The van der Waals surface area contributed by atoms with Crippen molar-refractivity contribution >= 4 is 23.2 Å². The van der Waals surface area contributed by atoms with Gasteiger partial charge in [-0.3, -0.25) is 4.79 Å². The fourth-order valence-corrected chi connectivity index (χ4v) is 2.38. The van der Waals surface area contributed by atoms with Crippen molar-refractivity contribution in [3.63, 3.8) is 0 Å². The third-order valence-electron chi connectivity index (χ3n) is 3.28. The molecular weight excluding hydrogens is 288 g/mol.